The first-order valence-electron chi connectivity index (χ1n) is 5.43. The number of carbonyl (C=O) groups excluding carboxylic acids is 1. The van der Waals surface area contributed by atoms with Crippen molar-refractivity contribution in [2.24, 2.45) is 5.92 Å². The standard InChI is InChI=1S/C12H16N2O2/c1-16-11-5-3-2-4-10(11)14-12(15)6-9-7-13-8-9/h2-5,9,13H,6-8H2,1H3,(H,14,15). The summed E-state index contributed by atoms with van der Waals surface area (Å²) >= 11 is 0. The topological polar surface area (TPSA) is 50.4 Å². The van der Waals surface area contributed by atoms with Gasteiger partial charge in [-0.25, -0.2) is 0 Å². The molecule has 1 aromatic rings. The fourth-order valence-electron chi connectivity index (χ4n) is 1.70. The number of carbonyl (C=O) groups is 1. The van der Waals surface area contributed by atoms with Crippen molar-refractivity contribution in [1.82, 2.24) is 5.32 Å². The summed E-state index contributed by atoms with van der Waals surface area (Å²) in [7, 11) is 1.60. The summed E-state index contributed by atoms with van der Waals surface area (Å²) < 4.78 is 5.16. The Morgan fingerprint density at radius 2 is 2.25 bits per heavy atom. The van der Waals surface area contributed by atoms with Crippen LogP contribution in [0.15, 0.2) is 24.3 Å². The van der Waals surface area contributed by atoms with Crippen LogP contribution in [-0.4, -0.2) is 26.1 Å². The van der Waals surface area contributed by atoms with Crippen LogP contribution >= 0.6 is 0 Å². The summed E-state index contributed by atoms with van der Waals surface area (Å²) in [5.74, 6) is 1.23. The average molecular weight is 220 g/mol. The van der Waals surface area contributed by atoms with Gasteiger partial charge >= 0.3 is 0 Å². The van der Waals surface area contributed by atoms with E-state index in [2.05, 4.69) is 10.6 Å². The maximum absolute atomic E-state index is 11.7. The molecule has 1 aliphatic rings. The molecule has 0 bridgehead atoms. The predicted octanol–water partition coefficient (Wildman–Crippen LogP) is 1.24. The number of ether oxygens (including phenoxy) is 1. The monoisotopic (exact) mass is 220 g/mol. The van der Waals surface area contributed by atoms with Crippen molar-refractivity contribution in [2.75, 3.05) is 25.5 Å². The zero-order valence-corrected chi connectivity index (χ0v) is 9.32. The van der Waals surface area contributed by atoms with Gasteiger partial charge in [0.05, 0.1) is 12.8 Å². The van der Waals surface area contributed by atoms with Crippen LogP contribution in [0.2, 0.25) is 0 Å². The van der Waals surface area contributed by atoms with Crippen LogP contribution in [0.4, 0.5) is 5.69 Å². The highest BCUT2D eigenvalue weighted by atomic mass is 16.5. The maximum atomic E-state index is 11.7. The molecule has 0 saturated carbocycles. The lowest BCUT2D eigenvalue weighted by molar-refractivity contribution is -0.117. The van der Waals surface area contributed by atoms with E-state index >= 15 is 0 Å². The van der Waals surface area contributed by atoms with Crippen molar-refractivity contribution in [3.05, 3.63) is 24.3 Å². The summed E-state index contributed by atoms with van der Waals surface area (Å²) in [6.07, 6.45) is 0.574. The first-order valence-corrected chi connectivity index (χ1v) is 5.43. The molecule has 1 heterocycles. The third-order valence-corrected chi connectivity index (χ3v) is 2.72. The van der Waals surface area contributed by atoms with Crippen LogP contribution in [0, 0.1) is 5.92 Å². The molecule has 16 heavy (non-hydrogen) atoms. The Kier molecular flexibility index (Phi) is 3.41. The Morgan fingerprint density at radius 1 is 1.50 bits per heavy atom. The molecule has 0 unspecified atom stereocenters. The summed E-state index contributed by atoms with van der Waals surface area (Å²) in [6.45, 7) is 1.89. The molecule has 2 N–H and O–H groups in total. The van der Waals surface area contributed by atoms with E-state index in [1.165, 1.54) is 0 Å². The molecule has 2 rings (SSSR count). The molecule has 1 aliphatic heterocycles. The highest BCUT2D eigenvalue weighted by molar-refractivity contribution is 5.92. The van der Waals surface area contributed by atoms with Crippen LogP contribution in [0.3, 0.4) is 0 Å². The Labute approximate surface area is 95.0 Å². The van der Waals surface area contributed by atoms with E-state index in [1.807, 2.05) is 24.3 Å². The fraction of sp³-hybridized carbons (Fsp3) is 0.417. The van der Waals surface area contributed by atoms with Crippen molar-refractivity contribution in [2.45, 2.75) is 6.42 Å². The molecule has 0 aliphatic carbocycles. The van der Waals surface area contributed by atoms with E-state index in [-0.39, 0.29) is 5.91 Å². The Bertz CT molecular complexity index is 375. The van der Waals surface area contributed by atoms with Gasteiger partial charge in [-0.05, 0) is 31.1 Å². The quantitative estimate of drug-likeness (QED) is 0.802. The van der Waals surface area contributed by atoms with Crippen LogP contribution in [0.1, 0.15) is 6.42 Å². The second-order valence-corrected chi connectivity index (χ2v) is 3.98. The zero-order valence-electron chi connectivity index (χ0n) is 9.32. The molecule has 4 heteroatoms. The van der Waals surface area contributed by atoms with Crippen molar-refractivity contribution < 1.29 is 9.53 Å². The number of benzene rings is 1. The van der Waals surface area contributed by atoms with E-state index in [1.54, 1.807) is 7.11 Å². The first-order chi connectivity index (χ1) is 7.79. The van der Waals surface area contributed by atoms with Crippen LogP contribution in [0.5, 0.6) is 5.75 Å². The number of hydrogen-bond acceptors (Lipinski definition) is 3. The molecule has 86 valence electrons. The van der Waals surface area contributed by atoms with Gasteiger partial charge in [0, 0.05) is 6.42 Å². The van der Waals surface area contributed by atoms with Crippen LogP contribution in [-0.2, 0) is 4.79 Å². The number of hydrogen-bond donors (Lipinski definition) is 2. The van der Waals surface area contributed by atoms with Gasteiger partial charge in [-0.3, -0.25) is 4.79 Å². The molecule has 1 aromatic carbocycles. The van der Waals surface area contributed by atoms with Gasteiger partial charge in [-0.1, -0.05) is 12.1 Å². The molecular weight excluding hydrogens is 204 g/mol. The summed E-state index contributed by atoms with van der Waals surface area (Å²) in [5, 5.41) is 6.02. The van der Waals surface area contributed by atoms with Crippen LogP contribution < -0.4 is 15.4 Å². The maximum Gasteiger partial charge on any atom is 0.224 e. The minimum atomic E-state index is 0.0519. The molecule has 0 atom stereocenters. The largest absolute Gasteiger partial charge is 0.495 e. The summed E-state index contributed by atoms with van der Waals surface area (Å²) in [4.78, 5) is 11.7. The van der Waals surface area contributed by atoms with Crippen molar-refractivity contribution in [3.63, 3.8) is 0 Å². The molecular formula is C12H16N2O2. The Morgan fingerprint density at radius 3 is 2.88 bits per heavy atom. The minimum absolute atomic E-state index is 0.0519. The van der Waals surface area contributed by atoms with E-state index in [0.717, 1.165) is 18.8 Å². The summed E-state index contributed by atoms with van der Waals surface area (Å²) in [6, 6.07) is 7.43. The molecule has 4 nitrogen and oxygen atoms in total. The van der Waals surface area contributed by atoms with Gasteiger partial charge in [0.15, 0.2) is 0 Å². The van der Waals surface area contributed by atoms with Gasteiger partial charge in [0.2, 0.25) is 5.91 Å². The molecule has 1 amide bonds. The molecule has 1 fully saturated rings. The fourth-order valence-corrected chi connectivity index (χ4v) is 1.70. The zero-order chi connectivity index (χ0) is 11.4. The van der Waals surface area contributed by atoms with Gasteiger partial charge in [-0.15, -0.1) is 0 Å². The highest BCUT2D eigenvalue weighted by Gasteiger charge is 2.20. The second kappa shape index (κ2) is 4.99. The number of rotatable bonds is 4. The first kappa shape index (κ1) is 11.0. The van der Waals surface area contributed by atoms with E-state index in [0.29, 0.717) is 18.1 Å². The Balaban J connectivity index is 1.94. The SMILES string of the molecule is COc1ccccc1NC(=O)CC1CNC1. The number of amides is 1. The number of methoxy groups -OCH3 is 1. The minimum Gasteiger partial charge on any atom is -0.495 e. The van der Waals surface area contributed by atoms with Crippen molar-refractivity contribution >= 4 is 11.6 Å². The van der Waals surface area contributed by atoms with E-state index < -0.39 is 0 Å². The highest BCUT2D eigenvalue weighted by Crippen LogP contribution is 2.23. The van der Waals surface area contributed by atoms with E-state index in [4.69, 9.17) is 4.74 Å². The van der Waals surface area contributed by atoms with Gasteiger partial charge in [-0.2, -0.15) is 0 Å². The molecule has 0 aromatic heterocycles. The smallest absolute Gasteiger partial charge is 0.224 e. The normalized spacial score (nSPS) is 15.3. The molecule has 0 radical (unpaired) electrons. The number of anilines is 1. The van der Waals surface area contributed by atoms with Gasteiger partial charge in [0.25, 0.3) is 0 Å². The number of nitrogens with one attached hydrogen (secondary N) is 2. The van der Waals surface area contributed by atoms with E-state index in [9.17, 15) is 4.79 Å². The number of para-hydroxylation sites is 2. The lowest BCUT2D eigenvalue weighted by Gasteiger charge is -2.26. The third-order valence-electron chi connectivity index (χ3n) is 2.72. The Hall–Kier alpha value is -1.55. The summed E-state index contributed by atoms with van der Waals surface area (Å²) in [5.41, 5.74) is 0.738. The molecule has 1 saturated heterocycles. The third kappa shape index (κ3) is 2.52. The molecule has 0 spiro atoms. The van der Waals surface area contributed by atoms with Crippen molar-refractivity contribution in [1.29, 1.82) is 0 Å². The van der Waals surface area contributed by atoms with Crippen molar-refractivity contribution in [3.8, 4) is 5.75 Å². The second-order valence-electron chi connectivity index (χ2n) is 3.98. The van der Waals surface area contributed by atoms with Gasteiger partial charge < -0.3 is 15.4 Å². The predicted molar refractivity (Wildman–Crippen MR) is 62.6 cm³/mol. The van der Waals surface area contributed by atoms with Crippen LogP contribution in [0.25, 0.3) is 0 Å². The van der Waals surface area contributed by atoms with Gasteiger partial charge in [0.1, 0.15) is 5.75 Å². The lowest BCUT2D eigenvalue weighted by Crippen LogP contribution is -2.43. The lowest BCUT2D eigenvalue weighted by atomic mass is 9.99. The average Bonchev–Trinajstić information content (AvgIpc) is 2.24.